The second-order valence-electron chi connectivity index (χ2n) is 3.11. The third-order valence-corrected chi connectivity index (χ3v) is 2.13. The zero-order chi connectivity index (χ0) is 9.68. The second-order valence-corrected chi connectivity index (χ2v) is 5.45. The highest BCUT2D eigenvalue weighted by atomic mass is 28.3. The SMILES string of the molecule is C=C(NO[SiH](C)C)c1ccccc1. The molecule has 70 valence electrons. The fraction of sp³-hybridized carbons (Fsp3) is 0.200. The summed E-state index contributed by atoms with van der Waals surface area (Å²) in [5, 5.41) is 0. The summed E-state index contributed by atoms with van der Waals surface area (Å²) in [6.07, 6.45) is 0. The van der Waals surface area contributed by atoms with E-state index in [1.165, 1.54) is 0 Å². The Balaban J connectivity index is 2.50. The quantitative estimate of drug-likeness (QED) is 0.584. The predicted octanol–water partition coefficient (Wildman–Crippen LogP) is 2.16. The van der Waals surface area contributed by atoms with Crippen LogP contribution in [-0.2, 0) is 4.53 Å². The van der Waals surface area contributed by atoms with Crippen molar-refractivity contribution in [2.75, 3.05) is 0 Å². The van der Waals surface area contributed by atoms with Crippen LogP contribution in [0, 0.1) is 0 Å². The van der Waals surface area contributed by atoms with Crippen molar-refractivity contribution < 1.29 is 4.53 Å². The summed E-state index contributed by atoms with van der Waals surface area (Å²) in [7, 11) is -1.02. The highest BCUT2D eigenvalue weighted by Gasteiger charge is 1.99. The number of benzene rings is 1. The van der Waals surface area contributed by atoms with Gasteiger partial charge >= 0.3 is 0 Å². The van der Waals surface area contributed by atoms with Crippen LogP contribution in [0.5, 0.6) is 0 Å². The van der Waals surface area contributed by atoms with E-state index in [0.717, 1.165) is 11.3 Å². The molecule has 0 atom stereocenters. The molecule has 0 bridgehead atoms. The molecule has 0 amide bonds. The lowest BCUT2D eigenvalue weighted by atomic mass is 10.2. The lowest BCUT2D eigenvalue weighted by Crippen LogP contribution is -2.20. The maximum Gasteiger partial charge on any atom is 0.208 e. The van der Waals surface area contributed by atoms with Gasteiger partial charge in [-0.05, 0) is 18.7 Å². The molecule has 0 aliphatic carbocycles. The number of nitrogens with one attached hydrogen (secondary N) is 1. The minimum atomic E-state index is -1.02. The number of hydrogen-bond acceptors (Lipinski definition) is 2. The molecule has 1 N–H and O–H groups in total. The highest BCUT2D eigenvalue weighted by molar-refractivity contribution is 6.48. The molecule has 1 aromatic carbocycles. The first-order chi connectivity index (χ1) is 6.20. The van der Waals surface area contributed by atoms with Gasteiger partial charge in [-0.2, -0.15) is 0 Å². The van der Waals surface area contributed by atoms with E-state index < -0.39 is 9.04 Å². The third kappa shape index (κ3) is 3.44. The molecule has 0 aliphatic rings. The summed E-state index contributed by atoms with van der Waals surface area (Å²) >= 11 is 0. The van der Waals surface area contributed by atoms with Crippen molar-refractivity contribution in [3.63, 3.8) is 0 Å². The van der Waals surface area contributed by atoms with Crippen LogP contribution in [0.4, 0.5) is 0 Å². The monoisotopic (exact) mass is 193 g/mol. The van der Waals surface area contributed by atoms with Crippen LogP contribution in [0.25, 0.3) is 5.70 Å². The Labute approximate surface area is 80.9 Å². The first kappa shape index (κ1) is 10.0. The van der Waals surface area contributed by atoms with Gasteiger partial charge in [0.25, 0.3) is 0 Å². The van der Waals surface area contributed by atoms with E-state index in [9.17, 15) is 0 Å². The highest BCUT2D eigenvalue weighted by Crippen LogP contribution is 2.07. The summed E-state index contributed by atoms with van der Waals surface area (Å²) in [6.45, 7) is 8.09. The Morgan fingerprint density at radius 3 is 2.46 bits per heavy atom. The Hall–Kier alpha value is -1.06. The van der Waals surface area contributed by atoms with Gasteiger partial charge < -0.3 is 4.53 Å². The Morgan fingerprint density at radius 2 is 1.92 bits per heavy atom. The number of rotatable bonds is 4. The molecule has 0 unspecified atom stereocenters. The van der Waals surface area contributed by atoms with E-state index in [0.29, 0.717) is 0 Å². The van der Waals surface area contributed by atoms with E-state index in [2.05, 4.69) is 25.2 Å². The first-order valence-corrected chi connectivity index (χ1v) is 7.14. The summed E-state index contributed by atoms with van der Waals surface area (Å²) in [4.78, 5) is 0. The third-order valence-electron chi connectivity index (χ3n) is 1.54. The second kappa shape index (κ2) is 4.84. The van der Waals surface area contributed by atoms with Crippen molar-refractivity contribution in [1.82, 2.24) is 5.48 Å². The van der Waals surface area contributed by atoms with Crippen molar-refractivity contribution >= 4 is 14.7 Å². The van der Waals surface area contributed by atoms with E-state index in [-0.39, 0.29) is 0 Å². The zero-order valence-electron chi connectivity index (χ0n) is 8.08. The fourth-order valence-corrected chi connectivity index (χ4v) is 1.27. The van der Waals surface area contributed by atoms with Crippen LogP contribution in [-0.4, -0.2) is 9.04 Å². The van der Waals surface area contributed by atoms with Gasteiger partial charge in [-0.25, -0.2) is 0 Å². The molecular formula is C10H15NOSi. The lowest BCUT2D eigenvalue weighted by Gasteiger charge is -2.11. The molecule has 0 saturated heterocycles. The number of hydroxylamine groups is 1. The van der Waals surface area contributed by atoms with Crippen LogP contribution in [0.2, 0.25) is 13.1 Å². The standard InChI is InChI=1S/C10H15NOSi/c1-9(11-12-13(2)3)10-7-5-4-6-8-10/h4-8,11,13H,1H2,2-3H3. The first-order valence-electron chi connectivity index (χ1n) is 4.36. The van der Waals surface area contributed by atoms with Crippen LogP contribution < -0.4 is 5.48 Å². The van der Waals surface area contributed by atoms with Gasteiger partial charge in [-0.1, -0.05) is 36.9 Å². The Morgan fingerprint density at radius 1 is 1.31 bits per heavy atom. The maximum atomic E-state index is 5.35. The number of hydrogen-bond donors (Lipinski definition) is 1. The summed E-state index contributed by atoms with van der Waals surface area (Å²) in [5.74, 6) is 0. The van der Waals surface area contributed by atoms with Crippen molar-refractivity contribution in [3.8, 4) is 0 Å². The van der Waals surface area contributed by atoms with Gasteiger partial charge in [0, 0.05) is 0 Å². The van der Waals surface area contributed by atoms with Crippen molar-refractivity contribution in [2.24, 2.45) is 0 Å². The Bertz CT molecular complexity index is 272. The van der Waals surface area contributed by atoms with Gasteiger partial charge in [0.05, 0.1) is 5.70 Å². The molecule has 1 rings (SSSR count). The van der Waals surface area contributed by atoms with Gasteiger partial charge in [-0.15, -0.1) is 0 Å². The molecule has 2 nitrogen and oxygen atoms in total. The van der Waals surface area contributed by atoms with E-state index in [4.69, 9.17) is 4.53 Å². The molecule has 0 aromatic heterocycles. The minimum Gasteiger partial charge on any atom is -0.326 e. The average Bonchev–Trinajstić information content (AvgIpc) is 2.15. The topological polar surface area (TPSA) is 21.3 Å². The molecule has 0 radical (unpaired) electrons. The van der Waals surface area contributed by atoms with E-state index in [1.54, 1.807) is 0 Å². The van der Waals surface area contributed by atoms with E-state index >= 15 is 0 Å². The van der Waals surface area contributed by atoms with Crippen LogP contribution in [0.3, 0.4) is 0 Å². The largest absolute Gasteiger partial charge is 0.326 e. The van der Waals surface area contributed by atoms with Crippen LogP contribution in [0.1, 0.15) is 5.56 Å². The molecule has 0 spiro atoms. The molecular weight excluding hydrogens is 178 g/mol. The smallest absolute Gasteiger partial charge is 0.208 e. The molecule has 0 fully saturated rings. The maximum absolute atomic E-state index is 5.35. The lowest BCUT2D eigenvalue weighted by molar-refractivity contribution is 0.259. The molecule has 0 aliphatic heterocycles. The van der Waals surface area contributed by atoms with Gasteiger partial charge in [0.15, 0.2) is 0 Å². The van der Waals surface area contributed by atoms with Crippen molar-refractivity contribution in [2.45, 2.75) is 13.1 Å². The molecule has 0 saturated carbocycles. The van der Waals surface area contributed by atoms with E-state index in [1.807, 2.05) is 30.3 Å². The van der Waals surface area contributed by atoms with Gasteiger partial charge in [-0.3, -0.25) is 5.48 Å². The molecule has 13 heavy (non-hydrogen) atoms. The Kier molecular flexibility index (Phi) is 3.73. The summed E-state index contributed by atoms with van der Waals surface area (Å²) in [6, 6.07) is 9.94. The summed E-state index contributed by atoms with van der Waals surface area (Å²) < 4.78 is 5.35. The molecule has 3 heteroatoms. The zero-order valence-corrected chi connectivity index (χ0v) is 9.23. The van der Waals surface area contributed by atoms with Gasteiger partial charge in [0.2, 0.25) is 9.04 Å². The average molecular weight is 193 g/mol. The molecule has 1 aromatic rings. The predicted molar refractivity (Wildman–Crippen MR) is 58.6 cm³/mol. The normalized spacial score (nSPS) is 10.1. The molecule has 0 heterocycles. The van der Waals surface area contributed by atoms with Crippen LogP contribution >= 0.6 is 0 Å². The van der Waals surface area contributed by atoms with Crippen molar-refractivity contribution in [1.29, 1.82) is 0 Å². The van der Waals surface area contributed by atoms with Crippen LogP contribution in [0.15, 0.2) is 36.9 Å². The minimum absolute atomic E-state index is 0.821. The summed E-state index contributed by atoms with van der Waals surface area (Å²) in [5.41, 5.74) is 4.75. The van der Waals surface area contributed by atoms with Crippen molar-refractivity contribution in [3.05, 3.63) is 42.5 Å². The van der Waals surface area contributed by atoms with Gasteiger partial charge in [0.1, 0.15) is 0 Å². The fourth-order valence-electron chi connectivity index (χ4n) is 0.887.